The van der Waals surface area contributed by atoms with Crippen molar-refractivity contribution in [2.24, 2.45) is 5.41 Å². The van der Waals surface area contributed by atoms with Crippen molar-refractivity contribution in [2.45, 2.75) is 37.1 Å². The lowest BCUT2D eigenvalue weighted by Gasteiger charge is -2.48. The van der Waals surface area contributed by atoms with Gasteiger partial charge in [-0.3, -0.25) is 4.72 Å². The fourth-order valence-corrected chi connectivity index (χ4v) is 7.07. The highest BCUT2D eigenvalue weighted by atomic mass is 32.2. The van der Waals surface area contributed by atoms with Crippen molar-refractivity contribution in [3.05, 3.63) is 53.2 Å². The van der Waals surface area contributed by atoms with Crippen LogP contribution < -0.4 is 14.4 Å². The molecule has 3 aromatic rings. The maximum absolute atomic E-state index is 14.2. The number of thiazole rings is 1. The van der Waals surface area contributed by atoms with Crippen molar-refractivity contribution in [3.63, 3.8) is 0 Å². The quantitative estimate of drug-likeness (QED) is 0.430. The summed E-state index contributed by atoms with van der Waals surface area (Å²) >= 11 is 1.18. The predicted octanol–water partition coefficient (Wildman–Crippen LogP) is 5.23. The van der Waals surface area contributed by atoms with Crippen LogP contribution in [0.3, 0.4) is 0 Å². The number of carboxylic acid groups (broad SMARTS) is 1. The lowest BCUT2D eigenvalue weighted by Crippen LogP contribution is -2.43. The molecule has 0 atom stereocenters. The summed E-state index contributed by atoms with van der Waals surface area (Å²) in [7, 11) is -2.94. The number of piperidine rings is 1. The van der Waals surface area contributed by atoms with E-state index in [2.05, 4.69) is 14.6 Å². The molecule has 0 amide bonds. The van der Waals surface area contributed by atoms with Gasteiger partial charge < -0.3 is 14.7 Å². The molecule has 11 heteroatoms. The molecule has 1 saturated carbocycles. The van der Waals surface area contributed by atoms with Crippen molar-refractivity contribution >= 4 is 38.7 Å². The number of carboxylic acids is 1. The van der Waals surface area contributed by atoms with E-state index in [0.717, 1.165) is 36.5 Å². The number of carbonyl (C=O) groups is 1. The van der Waals surface area contributed by atoms with Gasteiger partial charge in [0.1, 0.15) is 16.6 Å². The Labute approximate surface area is 212 Å². The number of halogens is 1. The summed E-state index contributed by atoms with van der Waals surface area (Å²) in [5.41, 5.74) is 1.69. The molecule has 8 nitrogen and oxygen atoms in total. The molecule has 2 fully saturated rings. The average Bonchev–Trinajstić information content (AvgIpc) is 3.35. The van der Waals surface area contributed by atoms with Gasteiger partial charge in [0.05, 0.1) is 18.4 Å². The first-order chi connectivity index (χ1) is 17.2. The monoisotopic (exact) mass is 531 g/mol. The van der Waals surface area contributed by atoms with Gasteiger partial charge in [0.25, 0.3) is 10.0 Å². The van der Waals surface area contributed by atoms with E-state index in [1.54, 1.807) is 0 Å². The second-order valence-electron chi connectivity index (χ2n) is 9.32. The van der Waals surface area contributed by atoms with Crippen LogP contribution in [-0.2, 0) is 10.0 Å². The van der Waals surface area contributed by atoms with Crippen LogP contribution in [0.25, 0.3) is 10.6 Å². The van der Waals surface area contributed by atoms with Crippen molar-refractivity contribution in [1.29, 1.82) is 0 Å². The third-order valence-corrected chi connectivity index (χ3v) is 9.53. The number of nitrogens with zero attached hydrogens (tertiary/aromatic N) is 2. The van der Waals surface area contributed by atoms with Crippen LogP contribution in [0, 0.1) is 11.2 Å². The molecule has 1 spiro atoms. The van der Waals surface area contributed by atoms with Gasteiger partial charge in [-0.15, -0.1) is 11.3 Å². The Bertz CT molecular complexity index is 1390. The molecule has 2 heterocycles. The minimum Gasteiger partial charge on any atom is -0.495 e. The molecule has 1 aromatic heterocycles. The normalized spacial score (nSPS) is 17.0. The van der Waals surface area contributed by atoms with Crippen molar-refractivity contribution in [3.8, 4) is 16.3 Å². The molecule has 2 aliphatic rings. The smallest absolute Gasteiger partial charge is 0.338 e. The topological polar surface area (TPSA) is 109 Å². The molecule has 2 aromatic carbocycles. The zero-order valence-electron chi connectivity index (χ0n) is 19.7. The van der Waals surface area contributed by atoms with Gasteiger partial charge in [-0.25, -0.2) is 14.2 Å². The number of aromatic nitrogens is 1. The summed E-state index contributed by atoms with van der Waals surface area (Å²) in [5, 5.41) is 10.8. The number of anilines is 2. The van der Waals surface area contributed by atoms with Gasteiger partial charge in [0, 0.05) is 35.8 Å². The van der Waals surface area contributed by atoms with E-state index in [0.29, 0.717) is 10.4 Å². The lowest BCUT2D eigenvalue weighted by molar-refractivity contribution is 0.0691. The molecule has 0 radical (unpaired) electrons. The van der Waals surface area contributed by atoms with Crippen LogP contribution in [0.15, 0.2) is 46.8 Å². The molecular formula is C25H26FN3O5S2. The van der Waals surface area contributed by atoms with E-state index in [1.165, 1.54) is 55.9 Å². The number of hydrogen-bond donors (Lipinski definition) is 2. The summed E-state index contributed by atoms with van der Waals surface area (Å²) in [6.07, 6.45) is 6.56. The molecule has 0 bridgehead atoms. The van der Waals surface area contributed by atoms with E-state index in [-0.39, 0.29) is 16.5 Å². The standard InChI is InChI=1S/C25H26FN3O5S2/c1-34-21-13-18(24(30)31)19(26)14-20(21)28-36(32,33)22-15-35-23(27-22)16-3-5-17(6-4-16)29-11-9-25(10-12-29)7-2-8-25/h3-6,13-15,28H,2,7-12H2,1H3,(H,30,31). The first kappa shape index (κ1) is 24.5. The fourth-order valence-electron chi connectivity index (χ4n) is 4.91. The van der Waals surface area contributed by atoms with E-state index < -0.39 is 27.4 Å². The van der Waals surface area contributed by atoms with Gasteiger partial charge in [-0.1, -0.05) is 6.42 Å². The summed E-state index contributed by atoms with van der Waals surface area (Å²) in [5.74, 6) is -2.70. The Morgan fingerprint density at radius 1 is 1.17 bits per heavy atom. The molecule has 36 heavy (non-hydrogen) atoms. The number of ether oxygens (including phenoxy) is 1. The van der Waals surface area contributed by atoms with E-state index in [9.17, 15) is 17.6 Å². The highest BCUT2D eigenvalue weighted by Gasteiger charge is 2.39. The zero-order chi connectivity index (χ0) is 25.5. The number of rotatable bonds is 7. The minimum atomic E-state index is -4.17. The Morgan fingerprint density at radius 3 is 2.44 bits per heavy atom. The highest BCUT2D eigenvalue weighted by molar-refractivity contribution is 7.92. The maximum Gasteiger partial charge on any atom is 0.338 e. The van der Waals surface area contributed by atoms with Crippen LogP contribution >= 0.6 is 11.3 Å². The van der Waals surface area contributed by atoms with Crippen LogP contribution in [-0.4, -0.2) is 44.7 Å². The van der Waals surface area contributed by atoms with Crippen molar-refractivity contribution < 1.29 is 27.4 Å². The van der Waals surface area contributed by atoms with Crippen molar-refractivity contribution in [2.75, 3.05) is 29.8 Å². The third-order valence-electron chi connectivity index (χ3n) is 7.24. The molecule has 1 aliphatic heterocycles. The van der Waals surface area contributed by atoms with Gasteiger partial charge in [0.2, 0.25) is 0 Å². The second kappa shape index (κ2) is 9.36. The Kier molecular flexibility index (Phi) is 6.37. The van der Waals surface area contributed by atoms with E-state index in [1.807, 2.05) is 24.3 Å². The predicted molar refractivity (Wildman–Crippen MR) is 136 cm³/mol. The van der Waals surface area contributed by atoms with Crippen LogP contribution in [0.4, 0.5) is 15.8 Å². The average molecular weight is 532 g/mol. The molecule has 2 N–H and O–H groups in total. The minimum absolute atomic E-state index is 0.121. The van der Waals surface area contributed by atoms with E-state index in [4.69, 9.17) is 9.84 Å². The maximum atomic E-state index is 14.2. The summed E-state index contributed by atoms with van der Waals surface area (Å²) in [6, 6.07) is 9.67. The Morgan fingerprint density at radius 2 is 1.86 bits per heavy atom. The van der Waals surface area contributed by atoms with Crippen LogP contribution in [0.2, 0.25) is 0 Å². The molecule has 1 saturated heterocycles. The Balaban J connectivity index is 1.31. The number of sulfonamides is 1. The zero-order valence-corrected chi connectivity index (χ0v) is 21.3. The van der Waals surface area contributed by atoms with Crippen LogP contribution in [0.5, 0.6) is 5.75 Å². The first-order valence-corrected chi connectivity index (χ1v) is 14.0. The second-order valence-corrected chi connectivity index (χ2v) is 11.8. The molecule has 0 unspecified atom stereocenters. The summed E-state index contributed by atoms with van der Waals surface area (Å²) in [4.78, 5) is 17.8. The summed E-state index contributed by atoms with van der Waals surface area (Å²) in [6.45, 7) is 2.12. The number of nitrogens with one attached hydrogen (secondary N) is 1. The molecule has 190 valence electrons. The third kappa shape index (κ3) is 4.64. The molecule has 1 aliphatic carbocycles. The van der Waals surface area contributed by atoms with Gasteiger partial charge in [0.15, 0.2) is 5.03 Å². The number of aromatic carboxylic acids is 1. The number of methoxy groups -OCH3 is 1. The van der Waals surface area contributed by atoms with Crippen LogP contribution in [0.1, 0.15) is 42.5 Å². The number of benzene rings is 2. The lowest BCUT2D eigenvalue weighted by atomic mass is 9.63. The van der Waals surface area contributed by atoms with Gasteiger partial charge in [-0.2, -0.15) is 8.42 Å². The Hall–Kier alpha value is -3.18. The fraction of sp³-hybridized carbons (Fsp3) is 0.360. The molecular weight excluding hydrogens is 505 g/mol. The SMILES string of the molecule is COc1cc(C(=O)O)c(F)cc1NS(=O)(=O)c1csc(-c2ccc(N3CCC4(CCC4)CC3)cc2)n1. The largest absolute Gasteiger partial charge is 0.495 e. The molecule has 5 rings (SSSR count). The first-order valence-electron chi connectivity index (χ1n) is 11.6. The summed E-state index contributed by atoms with van der Waals surface area (Å²) < 4.78 is 47.3. The highest BCUT2D eigenvalue weighted by Crippen LogP contribution is 2.49. The van der Waals surface area contributed by atoms with Crippen molar-refractivity contribution in [1.82, 2.24) is 4.98 Å². The number of hydrogen-bond acceptors (Lipinski definition) is 7. The van der Waals surface area contributed by atoms with E-state index >= 15 is 0 Å². The van der Waals surface area contributed by atoms with Gasteiger partial charge in [-0.05, 0) is 61.4 Å². The van der Waals surface area contributed by atoms with Gasteiger partial charge >= 0.3 is 5.97 Å².